The molecule has 114 valence electrons. The Morgan fingerprint density at radius 3 is 2.11 bits per heavy atom. The van der Waals surface area contributed by atoms with Crippen molar-refractivity contribution in [3.8, 4) is 0 Å². The van der Waals surface area contributed by atoms with Gasteiger partial charge < -0.3 is 10.2 Å². The monoisotopic (exact) mass is 269 g/mol. The Morgan fingerprint density at radius 1 is 1.05 bits per heavy atom. The van der Waals surface area contributed by atoms with Gasteiger partial charge in [0.2, 0.25) is 0 Å². The normalized spacial score (nSPS) is 21.0. The minimum absolute atomic E-state index is 0.439. The lowest BCUT2D eigenvalue weighted by atomic mass is 9.92. The van der Waals surface area contributed by atoms with Gasteiger partial charge in [-0.1, -0.05) is 34.6 Å². The lowest BCUT2D eigenvalue weighted by molar-refractivity contribution is 0.0873. The van der Waals surface area contributed by atoms with Crippen LogP contribution in [0, 0.1) is 11.3 Å². The SMILES string of the molecule is CC(C)C(CNCCC(C)(C)C)N1CCN(C)CC1. The highest BCUT2D eigenvalue weighted by atomic mass is 15.3. The molecule has 1 fully saturated rings. The summed E-state index contributed by atoms with van der Waals surface area (Å²) in [5, 5.41) is 3.68. The molecule has 1 rings (SSSR count). The van der Waals surface area contributed by atoms with Crippen molar-refractivity contribution < 1.29 is 0 Å². The third-order valence-electron chi connectivity index (χ3n) is 4.18. The molecule has 0 aromatic heterocycles. The Kier molecular flexibility index (Phi) is 6.78. The number of rotatable bonds is 6. The molecule has 0 spiro atoms. The van der Waals surface area contributed by atoms with Gasteiger partial charge in [0, 0.05) is 38.8 Å². The van der Waals surface area contributed by atoms with Crippen LogP contribution in [0.15, 0.2) is 0 Å². The Morgan fingerprint density at radius 2 is 1.63 bits per heavy atom. The summed E-state index contributed by atoms with van der Waals surface area (Å²) in [6, 6.07) is 0.689. The Hall–Kier alpha value is -0.120. The van der Waals surface area contributed by atoms with Gasteiger partial charge in [0.15, 0.2) is 0 Å². The maximum Gasteiger partial charge on any atom is 0.0244 e. The second-order valence-corrected chi connectivity index (χ2v) is 7.67. The fourth-order valence-corrected chi connectivity index (χ4v) is 2.65. The van der Waals surface area contributed by atoms with Crippen LogP contribution < -0.4 is 5.32 Å². The third kappa shape index (κ3) is 6.73. The van der Waals surface area contributed by atoms with E-state index in [2.05, 4.69) is 56.8 Å². The van der Waals surface area contributed by atoms with E-state index in [9.17, 15) is 0 Å². The maximum absolute atomic E-state index is 3.68. The van der Waals surface area contributed by atoms with Crippen LogP contribution in [0.1, 0.15) is 41.0 Å². The molecule has 0 bridgehead atoms. The number of hydrogen-bond acceptors (Lipinski definition) is 3. The van der Waals surface area contributed by atoms with Crippen molar-refractivity contribution in [2.75, 3.05) is 46.3 Å². The molecular formula is C16H35N3. The van der Waals surface area contributed by atoms with E-state index in [0.29, 0.717) is 11.5 Å². The molecule has 1 unspecified atom stereocenters. The van der Waals surface area contributed by atoms with Gasteiger partial charge in [-0.25, -0.2) is 0 Å². The van der Waals surface area contributed by atoms with Crippen LogP contribution in [-0.2, 0) is 0 Å². The van der Waals surface area contributed by atoms with Gasteiger partial charge in [0.1, 0.15) is 0 Å². The number of likely N-dealkylation sites (N-methyl/N-ethyl adjacent to an activating group) is 1. The van der Waals surface area contributed by atoms with E-state index in [-0.39, 0.29) is 0 Å². The van der Waals surface area contributed by atoms with E-state index in [1.165, 1.54) is 32.6 Å². The van der Waals surface area contributed by atoms with E-state index in [1.807, 2.05) is 0 Å². The van der Waals surface area contributed by atoms with Crippen molar-refractivity contribution in [2.45, 2.75) is 47.1 Å². The molecule has 1 N–H and O–H groups in total. The van der Waals surface area contributed by atoms with Crippen molar-refractivity contribution in [3.63, 3.8) is 0 Å². The number of piperazine rings is 1. The first-order valence-electron chi connectivity index (χ1n) is 7.93. The van der Waals surface area contributed by atoms with Crippen LogP contribution in [0.3, 0.4) is 0 Å². The van der Waals surface area contributed by atoms with Gasteiger partial charge >= 0.3 is 0 Å². The Balaban J connectivity index is 2.32. The number of nitrogens with zero attached hydrogens (tertiary/aromatic N) is 2. The molecule has 1 saturated heterocycles. The first kappa shape index (κ1) is 16.9. The van der Waals surface area contributed by atoms with Gasteiger partial charge in [-0.05, 0) is 31.3 Å². The van der Waals surface area contributed by atoms with Crippen LogP contribution in [-0.4, -0.2) is 62.2 Å². The summed E-state index contributed by atoms with van der Waals surface area (Å²) in [4.78, 5) is 5.11. The summed E-state index contributed by atoms with van der Waals surface area (Å²) in [7, 11) is 2.23. The Bertz CT molecular complexity index is 237. The molecule has 0 aliphatic carbocycles. The van der Waals surface area contributed by atoms with E-state index in [1.54, 1.807) is 0 Å². The van der Waals surface area contributed by atoms with Crippen molar-refractivity contribution in [2.24, 2.45) is 11.3 Å². The van der Waals surface area contributed by atoms with E-state index >= 15 is 0 Å². The minimum atomic E-state index is 0.439. The van der Waals surface area contributed by atoms with Crippen LogP contribution in [0.4, 0.5) is 0 Å². The quantitative estimate of drug-likeness (QED) is 0.746. The van der Waals surface area contributed by atoms with Crippen molar-refractivity contribution in [1.29, 1.82) is 0 Å². The minimum Gasteiger partial charge on any atom is -0.315 e. The van der Waals surface area contributed by atoms with Crippen LogP contribution in [0.5, 0.6) is 0 Å². The van der Waals surface area contributed by atoms with Crippen LogP contribution in [0.25, 0.3) is 0 Å². The summed E-state index contributed by atoms with van der Waals surface area (Å²) in [6.45, 7) is 18.8. The van der Waals surface area contributed by atoms with Gasteiger partial charge in [0.05, 0.1) is 0 Å². The smallest absolute Gasteiger partial charge is 0.0244 e. The van der Waals surface area contributed by atoms with Crippen LogP contribution >= 0.6 is 0 Å². The molecule has 1 heterocycles. The fourth-order valence-electron chi connectivity index (χ4n) is 2.65. The lowest BCUT2D eigenvalue weighted by Crippen LogP contribution is -2.53. The zero-order chi connectivity index (χ0) is 14.5. The highest BCUT2D eigenvalue weighted by Crippen LogP contribution is 2.17. The summed E-state index contributed by atoms with van der Waals surface area (Å²) >= 11 is 0. The Labute approximate surface area is 120 Å². The fraction of sp³-hybridized carbons (Fsp3) is 1.00. The molecule has 0 saturated carbocycles. The van der Waals surface area contributed by atoms with Gasteiger partial charge in [0.25, 0.3) is 0 Å². The van der Waals surface area contributed by atoms with Gasteiger partial charge in [-0.3, -0.25) is 4.90 Å². The third-order valence-corrected chi connectivity index (χ3v) is 4.18. The molecule has 1 aliphatic rings. The highest BCUT2D eigenvalue weighted by molar-refractivity contribution is 4.81. The zero-order valence-corrected chi connectivity index (χ0v) is 14.0. The first-order chi connectivity index (χ1) is 8.79. The molecule has 0 amide bonds. The van der Waals surface area contributed by atoms with E-state index < -0.39 is 0 Å². The van der Waals surface area contributed by atoms with Gasteiger partial charge in [-0.15, -0.1) is 0 Å². The second-order valence-electron chi connectivity index (χ2n) is 7.67. The lowest BCUT2D eigenvalue weighted by Gasteiger charge is -2.40. The standard InChI is InChI=1S/C16H35N3/c1-14(2)15(13-17-8-7-16(3,4)5)19-11-9-18(6)10-12-19/h14-15,17H,7-13H2,1-6H3. The number of nitrogens with one attached hydrogen (secondary N) is 1. The largest absolute Gasteiger partial charge is 0.315 e. The van der Waals surface area contributed by atoms with Crippen molar-refractivity contribution in [1.82, 2.24) is 15.1 Å². The highest BCUT2D eigenvalue weighted by Gasteiger charge is 2.24. The molecule has 3 heteroatoms. The molecule has 1 atom stereocenters. The van der Waals surface area contributed by atoms with Crippen molar-refractivity contribution in [3.05, 3.63) is 0 Å². The first-order valence-corrected chi connectivity index (χ1v) is 7.93. The maximum atomic E-state index is 3.68. The van der Waals surface area contributed by atoms with E-state index in [0.717, 1.165) is 19.0 Å². The molecule has 0 aromatic rings. The molecular weight excluding hydrogens is 234 g/mol. The summed E-state index contributed by atoms with van der Waals surface area (Å²) in [5.74, 6) is 0.727. The molecule has 3 nitrogen and oxygen atoms in total. The molecule has 19 heavy (non-hydrogen) atoms. The molecule has 1 aliphatic heterocycles. The molecule has 0 aromatic carbocycles. The van der Waals surface area contributed by atoms with Crippen LogP contribution in [0.2, 0.25) is 0 Å². The summed E-state index contributed by atoms with van der Waals surface area (Å²) in [5.41, 5.74) is 0.439. The second kappa shape index (κ2) is 7.61. The molecule has 0 radical (unpaired) electrons. The van der Waals surface area contributed by atoms with E-state index in [4.69, 9.17) is 0 Å². The number of hydrogen-bond donors (Lipinski definition) is 1. The zero-order valence-electron chi connectivity index (χ0n) is 14.0. The van der Waals surface area contributed by atoms with Gasteiger partial charge in [-0.2, -0.15) is 0 Å². The predicted octanol–water partition coefficient (Wildman–Crippen LogP) is 2.28. The van der Waals surface area contributed by atoms with Crippen molar-refractivity contribution >= 4 is 0 Å². The summed E-state index contributed by atoms with van der Waals surface area (Å²) < 4.78 is 0. The average Bonchev–Trinajstić information content (AvgIpc) is 2.29. The summed E-state index contributed by atoms with van der Waals surface area (Å²) in [6.07, 6.45) is 1.25. The average molecular weight is 269 g/mol. The predicted molar refractivity (Wildman–Crippen MR) is 84.6 cm³/mol. The topological polar surface area (TPSA) is 18.5 Å².